The van der Waals surface area contributed by atoms with E-state index in [2.05, 4.69) is 0 Å². The number of carboxylic acid groups (broad SMARTS) is 1. The van der Waals surface area contributed by atoms with Gasteiger partial charge in [0.25, 0.3) is 5.97 Å². The number of aliphatic carboxylic acids is 1. The molecule has 0 aliphatic rings. The second-order valence-corrected chi connectivity index (χ2v) is 0.519. The van der Waals surface area contributed by atoms with Crippen molar-refractivity contribution in [1.82, 2.24) is 0 Å². The van der Waals surface area contributed by atoms with Crippen LogP contribution in [0.15, 0.2) is 0 Å². The molecule has 6 heavy (non-hydrogen) atoms. The number of rotatable bonds is 0. The van der Waals surface area contributed by atoms with Crippen LogP contribution in [0.4, 0.5) is 0 Å². The van der Waals surface area contributed by atoms with Gasteiger partial charge < -0.3 is 5.11 Å². The summed E-state index contributed by atoms with van der Waals surface area (Å²) in [6.07, 6.45) is 0. The summed E-state index contributed by atoms with van der Waals surface area (Å²) >= 11 is 0. The van der Waals surface area contributed by atoms with E-state index in [0.29, 0.717) is 0 Å². The van der Waals surface area contributed by atoms with Gasteiger partial charge in [-0.3, -0.25) is 4.79 Å². The molecule has 0 amide bonds. The predicted octanol–water partition coefficient (Wildman–Crippen LogP) is -1.21. The van der Waals surface area contributed by atoms with Gasteiger partial charge in [0.05, 0.1) is 0 Å². The van der Waals surface area contributed by atoms with E-state index in [1.807, 2.05) is 0 Å². The van der Waals surface area contributed by atoms with Crippen LogP contribution >= 0.6 is 0 Å². The SMILES string of the molecule is CC(=O)O.[KH].[NaH]. The second-order valence-electron chi connectivity index (χ2n) is 0.519. The predicted molar refractivity (Wildman–Crippen MR) is 27.6 cm³/mol. The average Bonchev–Trinajstić information content (AvgIpc) is 0.811. The molecular formula is C2H6KNaO2. The van der Waals surface area contributed by atoms with Gasteiger partial charge >= 0.3 is 80.9 Å². The van der Waals surface area contributed by atoms with E-state index in [0.717, 1.165) is 6.92 Å². The number of hydrogen-bond donors (Lipinski definition) is 1. The Morgan fingerprint density at radius 3 is 1.67 bits per heavy atom. The Morgan fingerprint density at radius 2 is 1.67 bits per heavy atom. The Bertz CT molecular complexity index is 34.5. The molecule has 0 fully saturated rings. The van der Waals surface area contributed by atoms with Crippen LogP contribution in [0.5, 0.6) is 0 Å². The van der Waals surface area contributed by atoms with Crippen LogP contribution in [0.1, 0.15) is 6.92 Å². The third-order valence-electron chi connectivity index (χ3n) is 0. The van der Waals surface area contributed by atoms with Crippen molar-refractivity contribution in [3.63, 3.8) is 0 Å². The van der Waals surface area contributed by atoms with Crippen molar-refractivity contribution < 1.29 is 9.90 Å². The van der Waals surface area contributed by atoms with Gasteiger partial charge in [0.2, 0.25) is 0 Å². The van der Waals surface area contributed by atoms with Crippen LogP contribution in [0, 0.1) is 0 Å². The molecule has 0 saturated carbocycles. The molecule has 2 nitrogen and oxygen atoms in total. The zero-order chi connectivity index (χ0) is 3.58. The van der Waals surface area contributed by atoms with Crippen molar-refractivity contribution >= 4 is 86.9 Å². The zero-order valence-corrected chi connectivity index (χ0v) is 2.36. The molecule has 1 N–H and O–H groups in total. The maximum atomic E-state index is 9.00. The summed E-state index contributed by atoms with van der Waals surface area (Å²) in [5.74, 6) is -0.833. The molecule has 0 heterocycles. The quantitative estimate of drug-likeness (QED) is 0.412. The minimum absolute atomic E-state index is 0. The number of carboxylic acids is 1. The molecule has 0 rings (SSSR count). The van der Waals surface area contributed by atoms with Gasteiger partial charge in [-0.15, -0.1) is 0 Å². The van der Waals surface area contributed by atoms with Gasteiger partial charge in [-0.1, -0.05) is 0 Å². The van der Waals surface area contributed by atoms with Gasteiger partial charge in [-0.05, 0) is 0 Å². The summed E-state index contributed by atoms with van der Waals surface area (Å²) in [5.41, 5.74) is 0. The molecule has 0 unspecified atom stereocenters. The maximum absolute atomic E-state index is 9.00. The molecule has 0 aromatic carbocycles. The summed E-state index contributed by atoms with van der Waals surface area (Å²) < 4.78 is 0. The number of hydrogen-bond acceptors (Lipinski definition) is 1. The van der Waals surface area contributed by atoms with Crippen molar-refractivity contribution in [3.8, 4) is 0 Å². The van der Waals surface area contributed by atoms with Crippen molar-refractivity contribution in [2.45, 2.75) is 6.92 Å². The molecule has 0 radical (unpaired) electrons. The monoisotopic (exact) mass is 124 g/mol. The van der Waals surface area contributed by atoms with Crippen molar-refractivity contribution in [3.05, 3.63) is 0 Å². The number of carbonyl (C=O) groups is 1. The van der Waals surface area contributed by atoms with E-state index in [1.165, 1.54) is 0 Å². The standard InChI is InChI=1S/C2H4O2.K.Na.2H/c1-2(3)4;;;;/h1H3,(H,3,4);;;;. The van der Waals surface area contributed by atoms with E-state index in [4.69, 9.17) is 9.90 Å². The molecular weight excluding hydrogens is 118 g/mol. The van der Waals surface area contributed by atoms with Crippen LogP contribution in [0.3, 0.4) is 0 Å². The average molecular weight is 124 g/mol. The molecule has 0 bridgehead atoms. The molecule has 0 aromatic rings. The van der Waals surface area contributed by atoms with Gasteiger partial charge in [-0.25, -0.2) is 0 Å². The first kappa shape index (κ1) is 15.7. The fourth-order valence-corrected chi connectivity index (χ4v) is 0. The topological polar surface area (TPSA) is 37.3 Å². The zero-order valence-electron chi connectivity index (χ0n) is 2.36. The first-order valence-corrected chi connectivity index (χ1v) is 0.928. The van der Waals surface area contributed by atoms with Crippen molar-refractivity contribution in [2.75, 3.05) is 0 Å². The third-order valence-corrected chi connectivity index (χ3v) is 0. The first-order chi connectivity index (χ1) is 1.73. The Kier molecular flexibility index (Phi) is 26.6. The van der Waals surface area contributed by atoms with E-state index in [1.54, 1.807) is 0 Å². The van der Waals surface area contributed by atoms with Crippen LogP contribution in [-0.2, 0) is 4.79 Å². The fraction of sp³-hybridized carbons (Fsp3) is 0.500. The Labute approximate surface area is 101 Å². The summed E-state index contributed by atoms with van der Waals surface area (Å²) in [4.78, 5) is 9.00. The van der Waals surface area contributed by atoms with Crippen LogP contribution in [0.25, 0.3) is 0 Å². The van der Waals surface area contributed by atoms with Gasteiger partial charge in [0.15, 0.2) is 0 Å². The molecule has 4 heteroatoms. The summed E-state index contributed by atoms with van der Waals surface area (Å²) in [5, 5.41) is 7.42. The van der Waals surface area contributed by atoms with E-state index < -0.39 is 5.97 Å². The van der Waals surface area contributed by atoms with E-state index in [-0.39, 0.29) is 80.9 Å². The molecule has 0 aromatic heterocycles. The van der Waals surface area contributed by atoms with Crippen molar-refractivity contribution in [2.24, 2.45) is 0 Å². The van der Waals surface area contributed by atoms with Crippen molar-refractivity contribution in [1.29, 1.82) is 0 Å². The molecule has 28 valence electrons. The minimum atomic E-state index is -0.833. The summed E-state index contributed by atoms with van der Waals surface area (Å²) in [6, 6.07) is 0. The van der Waals surface area contributed by atoms with Crippen LogP contribution in [0.2, 0.25) is 0 Å². The van der Waals surface area contributed by atoms with Gasteiger partial charge in [0.1, 0.15) is 0 Å². The fourth-order valence-electron chi connectivity index (χ4n) is 0. The third kappa shape index (κ3) is 35.9. The normalized spacial score (nSPS) is 4.17. The Morgan fingerprint density at radius 1 is 1.67 bits per heavy atom. The van der Waals surface area contributed by atoms with Crippen LogP contribution in [-0.4, -0.2) is 92.0 Å². The Hall–Kier alpha value is 2.11. The first-order valence-electron chi connectivity index (χ1n) is 0.928. The molecule has 0 saturated heterocycles. The van der Waals surface area contributed by atoms with E-state index >= 15 is 0 Å². The molecule has 0 spiro atoms. The second kappa shape index (κ2) is 10.2. The molecule has 0 atom stereocenters. The summed E-state index contributed by atoms with van der Waals surface area (Å²) in [6.45, 7) is 1.08. The van der Waals surface area contributed by atoms with E-state index in [9.17, 15) is 0 Å². The Balaban J connectivity index is -0.0000000450. The van der Waals surface area contributed by atoms with Gasteiger partial charge in [-0.2, -0.15) is 0 Å². The molecule has 0 aliphatic carbocycles. The molecule has 0 aliphatic heterocycles. The van der Waals surface area contributed by atoms with Gasteiger partial charge in [0, 0.05) is 6.92 Å². The van der Waals surface area contributed by atoms with Crippen LogP contribution < -0.4 is 0 Å². The summed E-state index contributed by atoms with van der Waals surface area (Å²) in [7, 11) is 0.